The third-order valence-corrected chi connectivity index (χ3v) is 4.10. The number of para-hydroxylation sites is 1. The van der Waals surface area contributed by atoms with Crippen molar-refractivity contribution in [2.75, 3.05) is 7.11 Å². The Hall–Kier alpha value is -2.55. The molecule has 0 aliphatic carbocycles. The van der Waals surface area contributed by atoms with Gasteiger partial charge in [0.15, 0.2) is 0 Å². The number of carbonyl (C=O) groups is 1. The summed E-state index contributed by atoms with van der Waals surface area (Å²) in [5.74, 6) is -0.193. The highest BCUT2D eigenvalue weighted by Gasteiger charge is 2.22. The first-order valence-electron chi connectivity index (χ1n) is 7.36. The zero-order valence-corrected chi connectivity index (χ0v) is 12.8. The lowest BCUT2D eigenvalue weighted by Crippen LogP contribution is -2.09. The van der Waals surface area contributed by atoms with Gasteiger partial charge >= 0.3 is 5.97 Å². The van der Waals surface area contributed by atoms with Gasteiger partial charge in [0, 0.05) is 30.1 Å². The molecular formula is C19H19NO2. The summed E-state index contributed by atoms with van der Waals surface area (Å²) in [5.41, 5.74) is 3.46. The van der Waals surface area contributed by atoms with Crippen LogP contribution in [0, 0.1) is 0 Å². The van der Waals surface area contributed by atoms with E-state index in [1.807, 2.05) is 37.4 Å². The van der Waals surface area contributed by atoms with Crippen LogP contribution in [-0.2, 0) is 16.6 Å². The molecule has 22 heavy (non-hydrogen) atoms. The van der Waals surface area contributed by atoms with Crippen LogP contribution < -0.4 is 0 Å². The molecule has 0 spiro atoms. The molecule has 0 aliphatic heterocycles. The Bertz CT molecular complexity index is 790. The number of carbonyl (C=O) groups excluding carboxylic acids is 1. The van der Waals surface area contributed by atoms with Crippen LogP contribution >= 0.6 is 0 Å². The minimum Gasteiger partial charge on any atom is -0.469 e. The summed E-state index contributed by atoms with van der Waals surface area (Å²) in [7, 11) is 3.47. The van der Waals surface area contributed by atoms with E-state index < -0.39 is 0 Å². The summed E-state index contributed by atoms with van der Waals surface area (Å²) in [5, 5.41) is 1.18. The average molecular weight is 293 g/mol. The van der Waals surface area contributed by atoms with Crippen molar-refractivity contribution in [3.05, 3.63) is 71.9 Å². The quantitative estimate of drug-likeness (QED) is 0.684. The van der Waals surface area contributed by atoms with Gasteiger partial charge in [-0.2, -0.15) is 0 Å². The Morgan fingerprint density at radius 1 is 1.09 bits per heavy atom. The molecule has 0 fully saturated rings. The minimum absolute atomic E-state index is 0.000231. The van der Waals surface area contributed by atoms with Crippen LogP contribution in [0.1, 0.15) is 23.5 Å². The molecule has 0 saturated heterocycles. The molecule has 3 aromatic rings. The third-order valence-electron chi connectivity index (χ3n) is 4.10. The van der Waals surface area contributed by atoms with Crippen molar-refractivity contribution < 1.29 is 9.53 Å². The van der Waals surface area contributed by atoms with E-state index in [2.05, 4.69) is 35.0 Å². The second-order valence-corrected chi connectivity index (χ2v) is 5.46. The first kappa shape index (κ1) is 14.4. The molecule has 1 unspecified atom stereocenters. The lowest BCUT2D eigenvalue weighted by atomic mass is 9.88. The van der Waals surface area contributed by atoms with Crippen molar-refractivity contribution in [3.63, 3.8) is 0 Å². The van der Waals surface area contributed by atoms with Gasteiger partial charge in [-0.15, -0.1) is 0 Å². The van der Waals surface area contributed by atoms with Crippen molar-refractivity contribution in [2.24, 2.45) is 7.05 Å². The molecule has 1 atom stereocenters. The number of hydrogen-bond donors (Lipinski definition) is 0. The number of methoxy groups -OCH3 is 1. The molecular weight excluding hydrogens is 274 g/mol. The number of rotatable bonds is 4. The van der Waals surface area contributed by atoms with Crippen molar-refractivity contribution in [1.82, 2.24) is 4.57 Å². The van der Waals surface area contributed by atoms with E-state index in [1.165, 1.54) is 18.0 Å². The Kier molecular flexibility index (Phi) is 3.96. The van der Waals surface area contributed by atoms with E-state index in [0.717, 1.165) is 11.1 Å². The largest absolute Gasteiger partial charge is 0.469 e. The van der Waals surface area contributed by atoms with Crippen LogP contribution in [0.2, 0.25) is 0 Å². The van der Waals surface area contributed by atoms with Gasteiger partial charge in [0.25, 0.3) is 0 Å². The number of benzene rings is 2. The minimum atomic E-state index is -0.193. The predicted octanol–water partition coefficient (Wildman–Crippen LogP) is 3.87. The van der Waals surface area contributed by atoms with Gasteiger partial charge in [-0.25, -0.2) is 0 Å². The van der Waals surface area contributed by atoms with Gasteiger partial charge in [-0.1, -0.05) is 48.5 Å². The topological polar surface area (TPSA) is 31.2 Å². The van der Waals surface area contributed by atoms with Gasteiger partial charge in [0.2, 0.25) is 0 Å². The molecule has 0 aliphatic rings. The highest BCUT2D eigenvalue weighted by molar-refractivity contribution is 5.86. The van der Waals surface area contributed by atoms with Crippen LogP contribution in [0.5, 0.6) is 0 Å². The SMILES string of the molecule is COC(=O)CC(c1ccccc1)c1cn(C)c2ccccc12. The maximum atomic E-state index is 11.9. The molecule has 0 bridgehead atoms. The molecule has 112 valence electrons. The van der Waals surface area contributed by atoms with Gasteiger partial charge in [0.1, 0.15) is 0 Å². The third kappa shape index (κ3) is 2.62. The molecule has 3 rings (SSSR count). The molecule has 0 N–H and O–H groups in total. The van der Waals surface area contributed by atoms with Crippen molar-refractivity contribution in [1.29, 1.82) is 0 Å². The van der Waals surface area contributed by atoms with Gasteiger partial charge < -0.3 is 9.30 Å². The number of ether oxygens (including phenoxy) is 1. The van der Waals surface area contributed by atoms with Crippen molar-refractivity contribution >= 4 is 16.9 Å². The Labute approximate surface area is 130 Å². The highest BCUT2D eigenvalue weighted by atomic mass is 16.5. The average Bonchev–Trinajstić information content (AvgIpc) is 2.90. The van der Waals surface area contributed by atoms with Gasteiger partial charge in [-0.3, -0.25) is 4.79 Å². The first-order chi connectivity index (χ1) is 10.7. The summed E-state index contributed by atoms with van der Waals surface area (Å²) >= 11 is 0. The molecule has 0 amide bonds. The summed E-state index contributed by atoms with van der Waals surface area (Å²) in [6, 6.07) is 18.4. The molecule has 0 saturated carbocycles. The fourth-order valence-corrected chi connectivity index (χ4v) is 2.99. The van der Waals surface area contributed by atoms with E-state index in [9.17, 15) is 4.79 Å². The Balaban J connectivity index is 2.14. The standard InChI is InChI=1S/C19H19NO2/c1-20-13-17(15-10-6-7-11-18(15)20)16(12-19(21)22-2)14-8-4-3-5-9-14/h3-11,13,16H,12H2,1-2H3. The molecule has 3 heteroatoms. The zero-order valence-electron chi connectivity index (χ0n) is 12.8. The second kappa shape index (κ2) is 6.06. The number of nitrogens with zero attached hydrogens (tertiary/aromatic N) is 1. The van der Waals surface area contributed by atoms with E-state index in [4.69, 9.17) is 4.74 Å². The fraction of sp³-hybridized carbons (Fsp3) is 0.211. The molecule has 0 radical (unpaired) electrons. The predicted molar refractivity (Wildman–Crippen MR) is 87.8 cm³/mol. The molecule has 3 nitrogen and oxygen atoms in total. The molecule has 2 aromatic carbocycles. The normalized spacial score (nSPS) is 12.3. The van der Waals surface area contributed by atoms with Crippen LogP contribution in [0.4, 0.5) is 0 Å². The van der Waals surface area contributed by atoms with Crippen LogP contribution in [0.15, 0.2) is 60.8 Å². The number of fused-ring (bicyclic) bond motifs is 1. The second-order valence-electron chi connectivity index (χ2n) is 5.46. The highest BCUT2D eigenvalue weighted by Crippen LogP contribution is 2.34. The lowest BCUT2D eigenvalue weighted by Gasteiger charge is -2.16. The maximum Gasteiger partial charge on any atom is 0.306 e. The fourth-order valence-electron chi connectivity index (χ4n) is 2.99. The maximum absolute atomic E-state index is 11.9. The zero-order chi connectivity index (χ0) is 15.5. The van der Waals surface area contributed by atoms with Crippen molar-refractivity contribution in [2.45, 2.75) is 12.3 Å². The monoisotopic (exact) mass is 293 g/mol. The first-order valence-corrected chi connectivity index (χ1v) is 7.36. The van der Waals surface area contributed by atoms with Crippen LogP contribution in [0.3, 0.4) is 0 Å². The lowest BCUT2D eigenvalue weighted by molar-refractivity contribution is -0.140. The summed E-state index contributed by atoms with van der Waals surface area (Å²) in [4.78, 5) is 11.9. The summed E-state index contributed by atoms with van der Waals surface area (Å²) in [6.45, 7) is 0. The van der Waals surface area contributed by atoms with E-state index in [1.54, 1.807) is 0 Å². The number of esters is 1. The molecule has 1 aromatic heterocycles. The Morgan fingerprint density at radius 2 is 1.77 bits per heavy atom. The Morgan fingerprint density at radius 3 is 2.50 bits per heavy atom. The number of aryl methyl sites for hydroxylation is 1. The van der Waals surface area contributed by atoms with E-state index in [-0.39, 0.29) is 11.9 Å². The van der Waals surface area contributed by atoms with Crippen molar-refractivity contribution in [3.8, 4) is 0 Å². The van der Waals surface area contributed by atoms with E-state index in [0.29, 0.717) is 6.42 Å². The van der Waals surface area contributed by atoms with Gasteiger partial charge in [-0.05, 0) is 17.2 Å². The summed E-state index contributed by atoms with van der Waals surface area (Å²) < 4.78 is 7.01. The molecule has 1 heterocycles. The smallest absolute Gasteiger partial charge is 0.306 e. The van der Waals surface area contributed by atoms with Crippen LogP contribution in [-0.4, -0.2) is 17.6 Å². The number of aromatic nitrogens is 1. The van der Waals surface area contributed by atoms with E-state index >= 15 is 0 Å². The van der Waals surface area contributed by atoms with Gasteiger partial charge in [0.05, 0.1) is 13.5 Å². The number of hydrogen-bond acceptors (Lipinski definition) is 2. The van der Waals surface area contributed by atoms with Crippen LogP contribution in [0.25, 0.3) is 10.9 Å². The summed E-state index contributed by atoms with van der Waals surface area (Å²) in [6.07, 6.45) is 2.46.